The average molecular weight is 378 g/mol. The van der Waals surface area contributed by atoms with Crippen LogP contribution in [0, 0.1) is 23.0 Å². The Morgan fingerprint density at radius 3 is 2.54 bits per heavy atom. The Morgan fingerprint density at radius 2 is 1.85 bits per heavy atom. The van der Waals surface area contributed by atoms with Gasteiger partial charge in [0.25, 0.3) is 0 Å². The predicted octanol–water partition coefficient (Wildman–Crippen LogP) is 0.926. The fourth-order valence-electron chi connectivity index (χ4n) is 3.07. The number of piperazine rings is 1. The van der Waals surface area contributed by atoms with Crippen molar-refractivity contribution in [1.29, 1.82) is 5.26 Å². The van der Waals surface area contributed by atoms with Gasteiger partial charge < -0.3 is 4.90 Å². The van der Waals surface area contributed by atoms with Crippen molar-refractivity contribution in [2.75, 3.05) is 26.2 Å². The minimum Gasteiger partial charge on any atom is -0.329 e. The van der Waals surface area contributed by atoms with Gasteiger partial charge in [-0.15, -0.1) is 0 Å². The molecule has 1 N–H and O–H groups in total. The van der Waals surface area contributed by atoms with Gasteiger partial charge in [0, 0.05) is 5.56 Å². The Kier molecular flexibility index (Phi) is 5.32. The lowest BCUT2D eigenvalue weighted by atomic mass is 10.1. The summed E-state index contributed by atoms with van der Waals surface area (Å²) in [6, 6.07) is 11.8. The van der Waals surface area contributed by atoms with E-state index >= 15 is 0 Å². The summed E-state index contributed by atoms with van der Waals surface area (Å²) >= 11 is 0. The largest absolute Gasteiger partial charge is 0.329 e. The van der Waals surface area contributed by atoms with Crippen molar-refractivity contribution in [3.05, 3.63) is 65.2 Å². The lowest BCUT2D eigenvalue weighted by Gasteiger charge is -2.31. The number of benzene rings is 2. The first kappa shape index (κ1) is 18.5. The minimum absolute atomic E-state index is 0.228. The molecule has 0 saturated carbocycles. The molecule has 0 unspecified atom stereocenters. The number of quaternary nitrogens is 1. The molecule has 1 fully saturated rings. The third-order valence-corrected chi connectivity index (χ3v) is 6.36. The van der Waals surface area contributed by atoms with Crippen molar-refractivity contribution in [2.45, 2.75) is 11.4 Å². The topological polar surface area (TPSA) is 65.6 Å². The van der Waals surface area contributed by atoms with Crippen molar-refractivity contribution in [3.63, 3.8) is 0 Å². The molecule has 2 aromatic carbocycles. The van der Waals surface area contributed by atoms with Gasteiger partial charge in [-0.1, -0.05) is 12.1 Å². The highest BCUT2D eigenvalue weighted by Crippen LogP contribution is 2.20. The van der Waals surface area contributed by atoms with Crippen LogP contribution in [0.5, 0.6) is 0 Å². The van der Waals surface area contributed by atoms with Crippen LogP contribution in [-0.2, 0) is 16.6 Å². The van der Waals surface area contributed by atoms with Crippen LogP contribution in [-0.4, -0.2) is 38.9 Å². The summed E-state index contributed by atoms with van der Waals surface area (Å²) in [7, 11) is -4.06. The predicted molar refractivity (Wildman–Crippen MR) is 90.7 cm³/mol. The van der Waals surface area contributed by atoms with Crippen LogP contribution >= 0.6 is 0 Å². The molecule has 26 heavy (non-hydrogen) atoms. The van der Waals surface area contributed by atoms with Crippen LogP contribution in [0.3, 0.4) is 0 Å². The van der Waals surface area contributed by atoms with Gasteiger partial charge >= 0.3 is 0 Å². The van der Waals surface area contributed by atoms with Crippen molar-refractivity contribution in [3.8, 4) is 6.07 Å². The Morgan fingerprint density at radius 1 is 1.12 bits per heavy atom. The Hall–Kier alpha value is -2.34. The summed E-state index contributed by atoms with van der Waals surface area (Å²) in [6.45, 7) is 2.23. The van der Waals surface area contributed by atoms with Gasteiger partial charge in [0.2, 0.25) is 10.0 Å². The van der Waals surface area contributed by atoms with Crippen molar-refractivity contribution in [1.82, 2.24) is 4.31 Å². The second kappa shape index (κ2) is 7.50. The van der Waals surface area contributed by atoms with Gasteiger partial charge in [0.15, 0.2) is 0 Å². The number of halogens is 2. The quantitative estimate of drug-likeness (QED) is 0.861. The summed E-state index contributed by atoms with van der Waals surface area (Å²) in [6.07, 6.45) is 0. The molecule has 0 bridgehead atoms. The molecule has 1 aliphatic heterocycles. The second-order valence-electron chi connectivity index (χ2n) is 6.22. The molecule has 0 aliphatic carbocycles. The number of rotatable bonds is 4. The summed E-state index contributed by atoms with van der Waals surface area (Å²) in [5.41, 5.74) is 1.59. The zero-order chi connectivity index (χ0) is 18.7. The number of nitrogens with one attached hydrogen (secondary N) is 1. The monoisotopic (exact) mass is 378 g/mol. The molecule has 136 valence electrons. The molecule has 1 aliphatic rings. The molecule has 8 heteroatoms. The molecular weight excluding hydrogens is 360 g/mol. The van der Waals surface area contributed by atoms with Crippen LogP contribution in [0.15, 0.2) is 47.4 Å². The number of sulfonamides is 1. The number of nitriles is 1. The van der Waals surface area contributed by atoms with Gasteiger partial charge in [-0.25, -0.2) is 17.2 Å². The first-order valence-corrected chi connectivity index (χ1v) is 9.62. The first-order chi connectivity index (χ1) is 12.4. The average Bonchev–Trinajstić information content (AvgIpc) is 2.64. The van der Waals surface area contributed by atoms with E-state index in [1.54, 1.807) is 6.07 Å². The van der Waals surface area contributed by atoms with Gasteiger partial charge in [-0.3, -0.25) is 0 Å². The molecule has 0 atom stereocenters. The minimum atomic E-state index is -4.06. The molecule has 0 amide bonds. The van der Waals surface area contributed by atoms with E-state index in [1.165, 1.54) is 9.21 Å². The molecule has 3 rings (SSSR count). The van der Waals surface area contributed by atoms with Gasteiger partial charge in [-0.2, -0.15) is 9.57 Å². The first-order valence-electron chi connectivity index (χ1n) is 8.18. The highest BCUT2D eigenvalue weighted by Gasteiger charge is 2.32. The summed E-state index contributed by atoms with van der Waals surface area (Å²) in [5, 5.41) is 8.95. The SMILES string of the molecule is N#Cc1cccc(C[NH+]2CCN(S(=O)(=O)c3cc(F)ccc3F)CC2)c1. The highest BCUT2D eigenvalue weighted by atomic mass is 32.2. The van der Waals surface area contributed by atoms with Crippen LogP contribution in [0.4, 0.5) is 8.78 Å². The second-order valence-corrected chi connectivity index (χ2v) is 8.12. The third-order valence-electron chi connectivity index (χ3n) is 4.45. The highest BCUT2D eigenvalue weighted by molar-refractivity contribution is 7.89. The normalized spacial score (nSPS) is 16.3. The van der Waals surface area contributed by atoms with Crippen molar-refractivity contribution < 1.29 is 22.1 Å². The van der Waals surface area contributed by atoms with E-state index in [-0.39, 0.29) is 13.1 Å². The van der Waals surface area contributed by atoms with Gasteiger partial charge in [0.05, 0.1) is 37.8 Å². The molecule has 1 saturated heterocycles. The van der Waals surface area contributed by atoms with Crippen LogP contribution in [0.2, 0.25) is 0 Å². The van der Waals surface area contributed by atoms with Crippen LogP contribution in [0.25, 0.3) is 0 Å². The Labute approximate surface area is 151 Å². The summed E-state index contributed by atoms with van der Waals surface area (Å²) < 4.78 is 53.5. The molecule has 5 nitrogen and oxygen atoms in total. The van der Waals surface area contributed by atoms with Gasteiger partial charge in [0.1, 0.15) is 23.1 Å². The number of nitrogens with zero attached hydrogens (tertiary/aromatic N) is 2. The zero-order valence-corrected chi connectivity index (χ0v) is 14.8. The van der Waals surface area contributed by atoms with Crippen molar-refractivity contribution in [2.24, 2.45) is 0 Å². The zero-order valence-electron chi connectivity index (χ0n) is 14.0. The Bertz CT molecular complexity index is 949. The maximum Gasteiger partial charge on any atom is 0.246 e. The molecule has 2 aromatic rings. The summed E-state index contributed by atoms with van der Waals surface area (Å²) in [4.78, 5) is 0.550. The third kappa shape index (κ3) is 3.90. The van der Waals surface area contributed by atoms with E-state index in [4.69, 9.17) is 5.26 Å². The standard InChI is InChI=1S/C18H17F2N3O2S/c19-16-4-5-17(20)18(11-16)26(24,25)23-8-6-22(7-9-23)13-15-3-1-2-14(10-15)12-21/h1-5,10-11H,6-9,13H2/p+1. The number of hydrogen-bond acceptors (Lipinski definition) is 3. The molecule has 0 spiro atoms. The van der Waals surface area contributed by atoms with Gasteiger partial charge in [-0.05, 0) is 30.3 Å². The van der Waals surface area contributed by atoms with E-state index in [9.17, 15) is 17.2 Å². The van der Waals surface area contributed by atoms with Crippen LogP contribution < -0.4 is 4.90 Å². The maximum atomic E-state index is 13.9. The lowest BCUT2D eigenvalue weighted by molar-refractivity contribution is -0.917. The fraction of sp³-hybridized carbons (Fsp3) is 0.278. The molecular formula is C18H18F2N3O2S+. The lowest BCUT2D eigenvalue weighted by Crippen LogP contribution is -3.13. The smallest absolute Gasteiger partial charge is 0.246 e. The molecule has 1 heterocycles. The van der Waals surface area contributed by atoms with E-state index in [0.717, 1.165) is 23.8 Å². The van der Waals surface area contributed by atoms with Crippen molar-refractivity contribution >= 4 is 10.0 Å². The summed E-state index contributed by atoms with van der Waals surface area (Å²) in [5.74, 6) is -1.74. The van der Waals surface area contributed by atoms with E-state index in [0.29, 0.717) is 25.2 Å². The molecule has 0 aromatic heterocycles. The van der Waals surface area contributed by atoms with E-state index < -0.39 is 26.6 Å². The van der Waals surface area contributed by atoms with E-state index in [1.807, 2.05) is 18.2 Å². The van der Waals surface area contributed by atoms with Crippen LogP contribution in [0.1, 0.15) is 11.1 Å². The number of hydrogen-bond donors (Lipinski definition) is 1. The molecule has 0 radical (unpaired) electrons. The van der Waals surface area contributed by atoms with E-state index in [2.05, 4.69) is 6.07 Å². The fourth-order valence-corrected chi connectivity index (χ4v) is 4.59. The Balaban J connectivity index is 1.68. The maximum absolute atomic E-state index is 13.9.